The van der Waals surface area contributed by atoms with Crippen LogP contribution in [0.5, 0.6) is 0 Å². The van der Waals surface area contributed by atoms with Crippen LogP contribution in [0.4, 0.5) is 0 Å². The van der Waals surface area contributed by atoms with Crippen molar-refractivity contribution in [1.82, 2.24) is 0 Å². The Morgan fingerprint density at radius 1 is 1.45 bits per heavy atom. The van der Waals surface area contributed by atoms with Gasteiger partial charge in [0.2, 0.25) is 0 Å². The Kier molecular flexibility index (Phi) is 3.33. The summed E-state index contributed by atoms with van der Waals surface area (Å²) >= 11 is 0. The first-order valence-electron chi connectivity index (χ1n) is 4.36. The minimum atomic E-state index is 0.851. The van der Waals surface area contributed by atoms with Crippen molar-refractivity contribution in [3.63, 3.8) is 0 Å². The molecule has 0 radical (unpaired) electrons. The molecule has 1 rings (SSSR count). The summed E-state index contributed by atoms with van der Waals surface area (Å²) < 4.78 is 0. The maximum atomic E-state index is 2.38. The van der Waals surface area contributed by atoms with E-state index >= 15 is 0 Å². The highest BCUT2D eigenvalue weighted by Crippen LogP contribution is 2.38. The first kappa shape index (κ1) is 9.00. The van der Waals surface area contributed by atoms with Crippen molar-refractivity contribution in [1.29, 1.82) is 0 Å². The van der Waals surface area contributed by atoms with Gasteiger partial charge in [-0.25, -0.2) is 0 Å². The van der Waals surface area contributed by atoms with E-state index in [1.807, 2.05) is 0 Å². The Morgan fingerprint density at radius 2 is 2.18 bits per heavy atom. The second-order valence-electron chi connectivity index (χ2n) is 3.21. The minimum Gasteiger partial charge on any atom is -0.0878 e. The van der Waals surface area contributed by atoms with Crippen LogP contribution in [0.3, 0.4) is 0 Å². The van der Waals surface area contributed by atoms with E-state index in [0.29, 0.717) is 0 Å². The molecule has 0 bridgehead atoms. The van der Waals surface area contributed by atoms with Gasteiger partial charge < -0.3 is 0 Å². The van der Waals surface area contributed by atoms with E-state index in [4.69, 9.17) is 0 Å². The molecule has 0 aromatic carbocycles. The number of rotatable bonds is 2. The number of hydrogen-bond donors (Lipinski definition) is 0. The van der Waals surface area contributed by atoms with Crippen molar-refractivity contribution in [3.05, 3.63) is 23.0 Å². The lowest BCUT2D eigenvalue weighted by atomic mass is 10.2. The monoisotopic (exact) mass is 168 g/mol. The lowest BCUT2D eigenvalue weighted by Crippen LogP contribution is -1.99. The highest BCUT2D eigenvalue weighted by atomic mass is 31.1. The van der Waals surface area contributed by atoms with Crippen LogP contribution in [0.1, 0.15) is 33.6 Å². The van der Waals surface area contributed by atoms with Crippen LogP contribution in [0.25, 0.3) is 0 Å². The SMILES string of the molecule is CCCC1C=CC(C)=C(C)P1. The van der Waals surface area contributed by atoms with Crippen LogP contribution in [0.2, 0.25) is 0 Å². The zero-order valence-electron chi connectivity index (χ0n) is 7.65. The van der Waals surface area contributed by atoms with Crippen molar-refractivity contribution < 1.29 is 0 Å². The van der Waals surface area contributed by atoms with Crippen LogP contribution in [-0.2, 0) is 0 Å². The summed E-state index contributed by atoms with van der Waals surface area (Å²) in [6.45, 7) is 6.74. The summed E-state index contributed by atoms with van der Waals surface area (Å²) in [7, 11) is 1.05. The molecule has 0 aromatic rings. The van der Waals surface area contributed by atoms with Crippen molar-refractivity contribution in [2.24, 2.45) is 0 Å². The summed E-state index contributed by atoms with van der Waals surface area (Å²) in [6.07, 6.45) is 7.34. The van der Waals surface area contributed by atoms with Crippen molar-refractivity contribution >= 4 is 8.58 Å². The van der Waals surface area contributed by atoms with Gasteiger partial charge in [-0.2, -0.15) is 0 Å². The third kappa shape index (κ3) is 2.45. The molecule has 2 unspecified atom stereocenters. The average molecular weight is 168 g/mol. The molecule has 62 valence electrons. The van der Waals surface area contributed by atoms with E-state index in [1.54, 1.807) is 5.31 Å². The van der Waals surface area contributed by atoms with Crippen LogP contribution in [0, 0.1) is 0 Å². The molecule has 0 nitrogen and oxygen atoms in total. The maximum absolute atomic E-state index is 2.38. The predicted octanol–water partition coefficient (Wildman–Crippen LogP) is 3.70. The van der Waals surface area contributed by atoms with E-state index < -0.39 is 0 Å². The smallest absolute Gasteiger partial charge is 0.00167 e. The summed E-state index contributed by atoms with van der Waals surface area (Å²) in [4.78, 5) is 0. The Morgan fingerprint density at radius 3 is 2.73 bits per heavy atom. The average Bonchev–Trinajstić information content (AvgIpc) is 1.98. The second kappa shape index (κ2) is 4.07. The van der Waals surface area contributed by atoms with E-state index in [0.717, 1.165) is 14.2 Å². The Labute approximate surface area is 71.6 Å². The second-order valence-corrected chi connectivity index (χ2v) is 4.99. The molecule has 1 aliphatic rings. The molecule has 1 aliphatic heterocycles. The van der Waals surface area contributed by atoms with E-state index in [2.05, 4.69) is 32.9 Å². The standard InChI is InChI=1S/C10H17P/c1-4-5-10-7-6-8(2)9(3)11-10/h6-7,10-11H,4-5H2,1-3H3. The molecular weight excluding hydrogens is 151 g/mol. The van der Waals surface area contributed by atoms with Crippen LogP contribution in [0.15, 0.2) is 23.0 Å². The van der Waals surface area contributed by atoms with Gasteiger partial charge in [-0.05, 0) is 36.8 Å². The molecule has 2 atom stereocenters. The molecule has 0 amide bonds. The molecule has 11 heavy (non-hydrogen) atoms. The molecule has 0 aromatic heterocycles. The Bertz CT molecular complexity index is 189. The van der Waals surface area contributed by atoms with Gasteiger partial charge in [0.1, 0.15) is 0 Å². The van der Waals surface area contributed by atoms with Gasteiger partial charge in [0.05, 0.1) is 0 Å². The van der Waals surface area contributed by atoms with Gasteiger partial charge in [0.25, 0.3) is 0 Å². The van der Waals surface area contributed by atoms with E-state index in [-0.39, 0.29) is 0 Å². The van der Waals surface area contributed by atoms with Crippen molar-refractivity contribution in [2.75, 3.05) is 0 Å². The summed E-state index contributed by atoms with van der Waals surface area (Å²) in [5.74, 6) is 0. The fourth-order valence-electron chi connectivity index (χ4n) is 1.30. The van der Waals surface area contributed by atoms with Gasteiger partial charge in [-0.15, -0.1) is 0 Å². The third-order valence-corrected chi connectivity index (χ3v) is 3.85. The molecule has 0 saturated heterocycles. The summed E-state index contributed by atoms with van der Waals surface area (Å²) in [6, 6.07) is 0. The Hall–Kier alpha value is -0.0900. The van der Waals surface area contributed by atoms with Gasteiger partial charge in [0.15, 0.2) is 0 Å². The predicted molar refractivity (Wildman–Crippen MR) is 54.5 cm³/mol. The molecule has 0 aliphatic carbocycles. The quantitative estimate of drug-likeness (QED) is 0.551. The van der Waals surface area contributed by atoms with E-state index in [9.17, 15) is 0 Å². The fraction of sp³-hybridized carbons (Fsp3) is 0.600. The van der Waals surface area contributed by atoms with Crippen LogP contribution < -0.4 is 0 Å². The molecule has 0 saturated carbocycles. The zero-order chi connectivity index (χ0) is 8.27. The largest absolute Gasteiger partial charge is 0.0878 e. The summed E-state index contributed by atoms with van der Waals surface area (Å²) in [5.41, 5.74) is 2.33. The van der Waals surface area contributed by atoms with Crippen molar-refractivity contribution in [3.8, 4) is 0 Å². The lowest BCUT2D eigenvalue weighted by molar-refractivity contribution is 0.822. The molecule has 0 fully saturated rings. The molecule has 1 heterocycles. The third-order valence-electron chi connectivity index (χ3n) is 2.17. The lowest BCUT2D eigenvalue weighted by Gasteiger charge is -2.17. The van der Waals surface area contributed by atoms with Gasteiger partial charge >= 0.3 is 0 Å². The van der Waals surface area contributed by atoms with E-state index in [1.165, 1.54) is 18.4 Å². The zero-order valence-corrected chi connectivity index (χ0v) is 8.65. The topological polar surface area (TPSA) is 0 Å². The molecule has 0 N–H and O–H groups in total. The first-order valence-corrected chi connectivity index (χ1v) is 5.44. The fourth-order valence-corrected chi connectivity index (χ4v) is 2.80. The number of allylic oxidation sites excluding steroid dienone is 4. The van der Waals surface area contributed by atoms with Gasteiger partial charge in [0, 0.05) is 0 Å². The highest BCUT2D eigenvalue weighted by Gasteiger charge is 2.09. The highest BCUT2D eigenvalue weighted by molar-refractivity contribution is 7.44. The molecule has 1 heteroatoms. The van der Waals surface area contributed by atoms with Gasteiger partial charge in [-0.3, -0.25) is 0 Å². The number of hydrogen-bond acceptors (Lipinski definition) is 0. The first-order chi connectivity index (χ1) is 5.24. The minimum absolute atomic E-state index is 0.851. The van der Waals surface area contributed by atoms with Gasteiger partial charge in [-0.1, -0.05) is 34.1 Å². The normalized spacial score (nSPS) is 26.6. The summed E-state index contributed by atoms with van der Waals surface area (Å²) in [5, 5.41) is 1.60. The van der Waals surface area contributed by atoms with Crippen molar-refractivity contribution in [2.45, 2.75) is 39.3 Å². The van der Waals surface area contributed by atoms with Crippen LogP contribution in [-0.4, -0.2) is 5.66 Å². The molecular formula is C10H17P. The molecule has 0 spiro atoms. The maximum Gasteiger partial charge on any atom is -0.00167 e. The Balaban J connectivity index is 2.52. The van der Waals surface area contributed by atoms with Crippen LogP contribution >= 0.6 is 8.58 Å².